The summed E-state index contributed by atoms with van der Waals surface area (Å²) in [7, 11) is -2.52. The van der Waals surface area contributed by atoms with Crippen molar-refractivity contribution in [3.05, 3.63) is 28.8 Å². The van der Waals surface area contributed by atoms with Crippen molar-refractivity contribution in [2.24, 2.45) is 5.92 Å². The summed E-state index contributed by atoms with van der Waals surface area (Å²) in [6.45, 7) is 2.88. The number of amides is 1. The third-order valence-corrected chi connectivity index (χ3v) is 8.16. The summed E-state index contributed by atoms with van der Waals surface area (Å²) >= 11 is 6.20. The summed E-state index contributed by atoms with van der Waals surface area (Å²) in [5, 5.41) is 2.85. The molecule has 3 rings (SSSR count). The van der Waals surface area contributed by atoms with Crippen molar-refractivity contribution < 1.29 is 22.7 Å². The van der Waals surface area contributed by atoms with Gasteiger partial charge in [-0.05, 0) is 49.8 Å². The third-order valence-electron chi connectivity index (χ3n) is 5.82. The zero-order chi connectivity index (χ0) is 21.2. The monoisotopic (exact) mass is 442 g/mol. The lowest BCUT2D eigenvalue weighted by Gasteiger charge is -2.30. The number of carbonyl (C=O) groups excluding carboxylic acids is 2. The Balaban J connectivity index is 1.88. The Kier molecular flexibility index (Phi) is 6.55. The van der Waals surface area contributed by atoms with Crippen molar-refractivity contribution in [3.8, 4) is 0 Å². The summed E-state index contributed by atoms with van der Waals surface area (Å²) in [6.07, 6.45) is 4.38. The standard InChI is InChI=1S/C20H27ClN2O5S/c1-14-6-5-11-23(13-14)29(26,27)17-12-15(7-8-16(17)21)18(24)22-20(19(25)28-2)9-3-4-10-20/h7-8,12,14H,3-6,9-11,13H2,1-2H3,(H,22,24)/t14-/m0/s1. The van der Waals surface area contributed by atoms with Gasteiger partial charge in [-0.15, -0.1) is 0 Å². The number of hydrogen-bond donors (Lipinski definition) is 1. The molecule has 1 saturated carbocycles. The topological polar surface area (TPSA) is 92.8 Å². The molecule has 1 heterocycles. The van der Waals surface area contributed by atoms with Gasteiger partial charge in [0.1, 0.15) is 10.4 Å². The summed E-state index contributed by atoms with van der Waals surface area (Å²) in [4.78, 5) is 25.1. The largest absolute Gasteiger partial charge is 0.467 e. The van der Waals surface area contributed by atoms with Crippen LogP contribution in [0.5, 0.6) is 0 Å². The van der Waals surface area contributed by atoms with Crippen LogP contribution in [0.4, 0.5) is 0 Å². The maximum Gasteiger partial charge on any atom is 0.331 e. The first kappa shape index (κ1) is 22.1. The molecule has 2 aliphatic rings. The minimum atomic E-state index is -3.82. The second-order valence-corrected chi connectivity index (χ2v) is 10.3. The van der Waals surface area contributed by atoms with Crippen LogP contribution < -0.4 is 5.32 Å². The molecule has 1 saturated heterocycles. The zero-order valence-corrected chi connectivity index (χ0v) is 18.3. The Morgan fingerprint density at radius 1 is 1.24 bits per heavy atom. The van der Waals surface area contributed by atoms with Crippen molar-refractivity contribution in [2.75, 3.05) is 20.2 Å². The van der Waals surface area contributed by atoms with Gasteiger partial charge in [0.25, 0.3) is 5.91 Å². The van der Waals surface area contributed by atoms with Crippen LogP contribution in [-0.2, 0) is 19.6 Å². The molecule has 0 spiro atoms. The highest BCUT2D eigenvalue weighted by molar-refractivity contribution is 7.89. The van der Waals surface area contributed by atoms with E-state index < -0.39 is 27.4 Å². The SMILES string of the molecule is COC(=O)C1(NC(=O)c2ccc(Cl)c(S(=O)(=O)N3CCC[C@H](C)C3)c2)CCCC1. The van der Waals surface area contributed by atoms with Crippen molar-refractivity contribution >= 4 is 33.5 Å². The number of carbonyl (C=O) groups is 2. The van der Waals surface area contributed by atoms with Crippen molar-refractivity contribution in [1.29, 1.82) is 0 Å². The molecule has 1 aromatic rings. The van der Waals surface area contributed by atoms with E-state index in [1.807, 2.05) is 6.92 Å². The number of ether oxygens (including phenoxy) is 1. The molecule has 0 bridgehead atoms. The quantitative estimate of drug-likeness (QED) is 0.707. The van der Waals surface area contributed by atoms with E-state index in [9.17, 15) is 18.0 Å². The van der Waals surface area contributed by atoms with Crippen LogP contribution in [0.1, 0.15) is 55.8 Å². The highest BCUT2D eigenvalue weighted by atomic mass is 35.5. The van der Waals surface area contributed by atoms with E-state index in [1.54, 1.807) is 0 Å². The maximum atomic E-state index is 13.1. The van der Waals surface area contributed by atoms with Gasteiger partial charge >= 0.3 is 5.97 Å². The van der Waals surface area contributed by atoms with Gasteiger partial charge in [-0.2, -0.15) is 4.31 Å². The molecular weight excluding hydrogens is 416 g/mol. The Labute approximate surface area is 176 Å². The molecule has 2 fully saturated rings. The fourth-order valence-corrected chi connectivity index (χ4v) is 6.29. The first-order valence-electron chi connectivity index (χ1n) is 9.90. The average Bonchev–Trinajstić information content (AvgIpc) is 3.17. The fourth-order valence-electron chi connectivity index (χ4n) is 4.19. The number of piperidine rings is 1. The van der Waals surface area contributed by atoms with Gasteiger partial charge in [0, 0.05) is 18.7 Å². The van der Waals surface area contributed by atoms with Crippen LogP contribution in [-0.4, -0.2) is 50.3 Å². The fraction of sp³-hybridized carbons (Fsp3) is 0.600. The summed E-state index contributed by atoms with van der Waals surface area (Å²) in [6, 6.07) is 4.18. The average molecular weight is 443 g/mol. The molecule has 1 N–H and O–H groups in total. The van der Waals surface area contributed by atoms with Crippen molar-refractivity contribution in [1.82, 2.24) is 9.62 Å². The van der Waals surface area contributed by atoms with Gasteiger partial charge in [0.05, 0.1) is 12.1 Å². The smallest absolute Gasteiger partial charge is 0.331 e. The number of rotatable bonds is 5. The number of methoxy groups -OCH3 is 1. The molecule has 1 atom stereocenters. The first-order valence-corrected chi connectivity index (χ1v) is 11.7. The highest BCUT2D eigenvalue weighted by Crippen LogP contribution is 2.32. The Hall–Kier alpha value is -1.64. The third kappa shape index (κ3) is 4.44. The van der Waals surface area contributed by atoms with E-state index in [2.05, 4.69) is 5.32 Å². The predicted molar refractivity (Wildman–Crippen MR) is 109 cm³/mol. The van der Waals surface area contributed by atoms with Crippen LogP contribution >= 0.6 is 11.6 Å². The molecule has 1 aliphatic heterocycles. The second kappa shape index (κ2) is 8.62. The molecule has 9 heteroatoms. The van der Waals surface area contributed by atoms with Crippen LogP contribution in [0.25, 0.3) is 0 Å². The zero-order valence-electron chi connectivity index (χ0n) is 16.7. The van der Waals surface area contributed by atoms with Gasteiger partial charge in [-0.3, -0.25) is 4.79 Å². The second-order valence-electron chi connectivity index (χ2n) is 7.99. The first-order chi connectivity index (χ1) is 13.7. The van der Waals surface area contributed by atoms with Crippen LogP contribution in [0.2, 0.25) is 5.02 Å². The molecule has 1 aliphatic carbocycles. The molecule has 7 nitrogen and oxygen atoms in total. The normalized spacial score (nSPS) is 22.2. The maximum absolute atomic E-state index is 13.1. The molecule has 1 amide bonds. The van der Waals surface area contributed by atoms with Gasteiger partial charge < -0.3 is 10.1 Å². The minimum absolute atomic E-state index is 0.0725. The molecule has 0 aromatic heterocycles. The van der Waals surface area contributed by atoms with E-state index in [-0.39, 0.29) is 21.4 Å². The number of nitrogens with zero attached hydrogens (tertiary/aromatic N) is 1. The number of halogens is 1. The van der Waals surface area contributed by atoms with Gasteiger partial charge in [-0.1, -0.05) is 31.4 Å². The van der Waals surface area contributed by atoms with E-state index in [1.165, 1.54) is 29.6 Å². The Morgan fingerprint density at radius 2 is 1.93 bits per heavy atom. The van der Waals surface area contributed by atoms with E-state index in [4.69, 9.17) is 16.3 Å². The molecular formula is C20H27ClN2O5S. The van der Waals surface area contributed by atoms with E-state index >= 15 is 0 Å². The highest BCUT2D eigenvalue weighted by Gasteiger charge is 2.44. The minimum Gasteiger partial charge on any atom is -0.467 e. The lowest BCUT2D eigenvalue weighted by Crippen LogP contribution is -2.53. The van der Waals surface area contributed by atoms with E-state index in [0.717, 1.165) is 25.7 Å². The van der Waals surface area contributed by atoms with Crippen molar-refractivity contribution in [2.45, 2.75) is 55.9 Å². The Morgan fingerprint density at radius 3 is 2.55 bits per heavy atom. The molecule has 160 valence electrons. The summed E-state index contributed by atoms with van der Waals surface area (Å²) in [5.41, 5.74) is -0.916. The Bertz CT molecular complexity index is 896. The molecule has 0 radical (unpaired) electrons. The molecule has 1 aromatic carbocycles. The van der Waals surface area contributed by atoms with E-state index in [0.29, 0.717) is 25.9 Å². The number of benzene rings is 1. The number of sulfonamides is 1. The predicted octanol–water partition coefficient (Wildman–Crippen LogP) is 2.98. The van der Waals surface area contributed by atoms with Crippen LogP contribution in [0.3, 0.4) is 0 Å². The molecule has 29 heavy (non-hydrogen) atoms. The summed E-state index contributed by atoms with van der Waals surface area (Å²) < 4.78 is 32.6. The number of esters is 1. The number of hydrogen-bond acceptors (Lipinski definition) is 5. The van der Waals surface area contributed by atoms with Gasteiger partial charge in [0.15, 0.2) is 0 Å². The molecule has 0 unspecified atom stereocenters. The lowest BCUT2D eigenvalue weighted by atomic mass is 9.97. The van der Waals surface area contributed by atoms with Crippen molar-refractivity contribution in [3.63, 3.8) is 0 Å². The summed E-state index contributed by atoms with van der Waals surface area (Å²) in [5.74, 6) is -0.726. The number of nitrogens with one attached hydrogen (secondary N) is 1. The van der Waals surface area contributed by atoms with Gasteiger partial charge in [0.2, 0.25) is 10.0 Å². The lowest BCUT2D eigenvalue weighted by molar-refractivity contribution is -0.148. The van der Waals surface area contributed by atoms with Crippen LogP contribution in [0.15, 0.2) is 23.1 Å². The van der Waals surface area contributed by atoms with Crippen LogP contribution in [0, 0.1) is 5.92 Å². The van der Waals surface area contributed by atoms with Gasteiger partial charge in [-0.25, -0.2) is 13.2 Å².